The van der Waals surface area contributed by atoms with Crippen LogP contribution < -0.4 is 10.2 Å². The molecule has 204 valence electrons. The van der Waals surface area contributed by atoms with Crippen LogP contribution in [-0.2, 0) is 6.54 Å². The number of hydrogen-bond donors (Lipinski definition) is 1. The van der Waals surface area contributed by atoms with Gasteiger partial charge in [0, 0.05) is 18.3 Å². The van der Waals surface area contributed by atoms with Crippen LogP contribution in [0.25, 0.3) is 11.3 Å². The highest BCUT2D eigenvalue weighted by molar-refractivity contribution is 6.21. The number of carbonyl (C=O) groups excluding carboxylic acids is 1. The van der Waals surface area contributed by atoms with Crippen LogP contribution in [0.2, 0.25) is 0 Å². The van der Waals surface area contributed by atoms with Gasteiger partial charge < -0.3 is 5.32 Å². The molecule has 0 radical (unpaired) electrons. The third-order valence-corrected chi connectivity index (χ3v) is 7.60. The topological polar surface area (TPSA) is 78.7 Å². The van der Waals surface area contributed by atoms with Crippen LogP contribution in [0.5, 0.6) is 0 Å². The van der Waals surface area contributed by atoms with Crippen LogP contribution in [0, 0.1) is 5.82 Å². The fraction of sp³-hybridized carbons (Fsp3) is 0.290. The van der Waals surface area contributed by atoms with Crippen molar-refractivity contribution >= 4 is 29.2 Å². The smallest absolute Gasteiger partial charge is 0.267 e. The largest absolute Gasteiger partial charge is 0.340 e. The predicted molar refractivity (Wildman–Crippen MR) is 155 cm³/mol. The van der Waals surface area contributed by atoms with E-state index in [0.29, 0.717) is 35.4 Å². The van der Waals surface area contributed by atoms with Crippen molar-refractivity contribution in [3.8, 4) is 11.3 Å². The van der Waals surface area contributed by atoms with Gasteiger partial charge in [-0.25, -0.2) is 14.1 Å². The average Bonchev–Trinajstić information content (AvgIpc) is 3.68. The number of benzene rings is 2. The maximum atomic E-state index is 13.7. The minimum atomic E-state index is -0.359. The number of aliphatic imine (C=N–C) groups is 1. The minimum absolute atomic E-state index is 0.114. The van der Waals surface area contributed by atoms with Crippen LogP contribution in [0.3, 0.4) is 0 Å². The van der Waals surface area contributed by atoms with Crippen molar-refractivity contribution in [1.82, 2.24) is 19.7 Å². The maximum absolute atomic E-state index is 13.7. The summed E-state index contributed by atoms with van der Waals surface area (Å²) in [5.74, 6) is 1.56. The van der Waals surface area contributed by atoms with E-state index in [9.17, 15) is 9.18 Å². The Bertz CT molecular complexity index is 1550. The summed E-state index contributed by atoms with van der Waals surface area (Å²) in [4.78, 5) is 26.6. The molecular weight excluding hydrogens is 505 g/mol. The number of aromatic nitrogens is 3. The Kier molecular flexibility index (Phi) is 6.79. The van der Waals surface area contributed by atoms with Crippen molar-refractivity contribution in [1.29, 1.82) is 0 Å². The molecule has 1 fully saturated rings. The van der Waals surface area contributed by atoms with Crippen molar-refractivity contribution in [3.05, 3.63) is 89.9 Å². The highest BCUT2D eigenvalue weighted by Gasteiger charge is 2.49. The van der Waals surface area contributed by atoms with E-state index in [-0.39, 0.29) is 23.8 Å². The van der Waals surface area contributed by atoms with Crippen LogP contribution in [0.15, 0.2) is 77.9 Å². The predicted octanol–water partition coefficient (Wildman–Crippen LogP) is 6.09. The number of rotatable bonds is 5. The number of guanidine groups is 1. The van der Waals surface area contributed by atoms with E-state index in [1.165, 1.54) is 12.3 Å². The molecule has 2 unspecified atom stereocenters. The number of nitrogens with zero attached hydrogens (tertiary/aromatic N) is 6. The Hall–Kier alpha value is -4.53. The molecule has 8 nitrogen and oxygen atoms in total. The van der Waals surface area contributed by atoms with E-state index >= 15 is 0 Å². The highest BCUT2D eigenvalue weighted by atomic mass is 19.1. The van der Waals surface area contributed by atoms with Gasteiger partial charge in [0.2, 0.25) is 5.96 Å². The monoisotopic (exact) mass is 537 g/mol. The number of fused-ring (bicyclic) bond motifs is 5. The SMILES string of the molecule is CC.CN1C(=O)c2c(nn(Cc3ccc(-c4ccc(F)cn4)cc3)c2Nc2ccccc2)N2C1=NC1CCCC12. The Morgan fingerprint density at radius 1 is 1.00 bits per heavy atom. The van der Waals surface area contributed by atoms with Crippen molar-refractivity contribution in [2.24, 2.45) is 4.99 Å². The lowest BCUT2D eigenvalue weighted by molar-refractivity contribution is 0.0866. The summed E-state index contributed by atoms with van der Waals surface area (Å²) >= 11 is 0. The standard InChI is InChI=1S/C29H26FN7O.C2H6/c1-35-28(38)25-26(32-21-6-3-2-4-7-21)36(34-27(25)37-24-9-5-8-23(24)33-29(35)37)17-18-10-12-19(13-11-18)22-15-14-20(30)16-31-22;1-2/h2-4,6-7,10-16,23-24,32H,5,8-9,17H2,1H3;1-2H3. The summed E-state index contributed by atoms with van der Waals surface area (Å²) in [6.45, 7) is 4.46. The number of carbonyl (C=O) groups is 1. The maximum Gasteiger partial charge on any atom is 0.267 e. The molecule has 2 aliphatic heterocycles. The molecule has 0 bridgehead atoms. The van der Waals surface area contributed by atoms with Gasteiger partial charge in [0.15, 0.2) is 5.82 Å². The molecule has 3 aliphatic rings. The quantitative estimate of drug-likeness (QED) is 0.334. The third kappa shape index (κ3) is 4.41. The Morgan fingerprint density at radius 2 is 1.77 bits per heavy atom. The van der Waals surface area contributed by atoms with Gasteiger partial charge in [-0.2, -0.15) is 5.10 Å². The van der Waals surface area contributed by atoms with E-state index in [1.807, 2.05) is 73.1 Å². The Morgan fingerprint density at radius 3 is 2.50 bits per heavy atom. The number of hydrogen-bond acceptors (Lipinski definition) is 6. The number of amides is 1. The number of halogens is 1. The first-order valence-electron chi connectivity index (χ1n) is 13.9. The van der Waals surface area contributed by atoms with Crippen LogP contribution in [0.1, 0.15) is 49.0 Å². The Balaban J connectivity index is 0.00000142. The van der Waals surface area contributed by atoms with E-state index in [1.54, 1.807) is 18.0 Å². The van der Waals surface area contributed by atoms with Crippen LogP contribution in [0.4, 0.5) is 21.7 Å². The summed E-state index contributed by atoms with van der Waals surface area (Å²) < 4.78 is 15.2. The van der Waals surface area contributed by atoms with Gasteiger partial charge in [0.1, 0.15) is 17.2 Å². The second-order valence-electron chi connectivity index (χ2n) is 9.98. The molecular formula is C31H32FN7O. The molecule has 1 saturated carbocycles. The molecule has 2 atom stereocenters. The first kappa shape index (κ1) is 25.7. The number of nitrogens with one attached hydrogen (secondary N) is 1. The van der Waals surface area contributed by atoms with Gasteiger partial charge in [0.05, 0.1) is 30.5 Å². The fourth-order valence-electron chi connectivity index (χ4n) is 5.70. The zero-order valence-electron chi connectivity index (χ0n) is 22.9. The summed E-state index contributed by atoms with van der Waals surface area (Å²) in [5, 5.41) is 8.49. The lowest BCUT2D eigenvalue weighted by Crippen LogP contribution is -2.51. The highest BCUT2D eigenvalue weighted by Crippen LogP contribution is 2.43. The van der Waals surface area contributed by atoms with Gasteiger partial charge in [-0.1, -0.05) is 56.3 Å². The van der Waals surface area contributed by atoms with Crippen molar-refractivity contribution in [2.45, 2.75) is 51.7 Å². The van der Waals surface area contributed by atoms with E-state index in [4.69, 9.17) is 10.1 Å². The molecule has 1 aliphatic carbocycles. The first-order valence-corrected chi connectivity index (χ1v) is 13.9. The summed E-state index contributed by atoms with van der Waals surface area (Å²) in [7, 11) is 1.80. The summed E-state index contributed by atoms with van der Waals surface area (Å²) in [5.41, 5.74) is 4.07. The molecule has 2 aromatic carbocycles. The Labute approximate surface area is 233 Å². The van der Waals surface area contributed by atoms with E-state index < -0.39 is 0 Å². The third-order valence-electron chi connectivity index (χ3n) is 7.60. The molecule has 4 heterocycles. The molecule has 4 aromatic rings. The molecule has 1 amide bonds. The number of pyridine rings is 1. The summed E-state index contributed by atoms with van der Waals surface area (Å²) in [6.07, 6.45) is 4.41. The molecule has 9 heteroatoms. The molecule has 1 N–H and O–H groups in total. The van der Waals surface area contributed by atoms with Gasteiger partial charge in [-0.3, -0.25) is 19.6 Å². The van der Waals surface area contributed by atoms with Gasteiger partial charge >= 0.3 is 0 Å². The van der Waals surface area contributed by atoms with E-state index in [2.05, 4.69) is 15.2 Å². The van der Waals surface area contributed by atoms with Gasteiger partial charge in [-0.15, -0.1) is 0 Å². The van der Waals surface area contributed by atoms with E-state index in [0.717, 1.165) is 36.1 Å². The van der Waals surface area contributed by atoms with Crippen LogP contribution >= 0.6 is 0 Å². The number of para-hydroxylation sites is 1. The summed E-state index contributed by atoms with van der Waals surface area (Å²) in [6, 6.07) is 21.3. The minimum Gasteiger partial charge on any atom is -0.340 e. The lowest BCUT2D eigenvalue weighted by atomic mass is 10.1. The van der Waals surface area contributed by atoms with Crippen LogP contribution in [-0.4, -0.2) is 50.7 Å². The van der Waals surface area contributed by atoms with Gasteiger partial charge in [-0.05, 0) is 49.1 Å². The zero-order chi connectivity index (χ0) is 27.8. The fourth-order valence-corrected chi connectivity index (χ4v) is 5.70. The zero-order valence-corrected chi connectivity index (χ0v) is 22.9. The molecule has 2 aromatic heterocycles. The average molecular weight is 538 g/mol. The van der Waals surface area contributed by atoms with Crippen molar-refractivity contribution < 1.29 is 9.18 Å². The van der Waals surface area contributed by atoms with Gasteiger partial charge in [0.25, 0.3) is 5.91 Å². The lowest BCUT2D eigenvalue weighted by Gasteiger charge is -2.34. The first-order chi connectivity index (χ1) is 19.6. The number of anilines is 3. The molecule has 0 saturated heterocycles. The molecule has 7 rings (SSSR count). The normalized spacial score (nSPS) is 18.9. The second kappa shape index (κ2) is 10.6. The molecule has 40 heavy (non-hydrogen) atoms. The van der Waals surface area contributed by atoms with Crippen molar-refractivity contribution in [2.75, 3.05) is 17.3 Å². The van der Waals surface area contributed by atoms with Crippen molar-refractivity contribution in [3.63, 3.8) is 0 Å². The molecule has 0 spiro atoms. The second-order valence-corrected chi connectivity index (χ2v) is 9.98.